The summed E-state index contributed by atoms with van der Waals surface area (Å²) in [6.45, 7) is 3.24. The number of rotatable bonds is 18. The highest BCUT2D eigenvalue weighted by molar-refractivity contribution is 5.94. The van der Waals surface area contributed by atoms with E-state index in [9.17, 15) is 34.5 Å². The van der Waals surface area contributed by atoms with E-state index in [-0.39, 0.29) is 72.0 Å². The first kappa shape index (κ1) is 45.7. The molecule has 2 aliphatic rings. The van der Waals surface area contributed by atoms with Gasteiger partial charge < -0.3 is 45.7 Å². The third-order valence-corrected chi connectivity index (χ3v) is 12.5. The summed E-state index contributed by atoms with van der Waals surface area (Å²) in [5, 5.41) is 42.8. The van der Waals surface area contributed by atoms with Crippen LogP contribution in [0.2, 0.25) is 0 Å². The van der Waals surface area contributed by atoms with Gasteiger partial charge in [0.25, 0.3) is 11.8 Å². The fraction of sp³-hybridized carbons (Fsp3) is 0.308. The Morgan fingerprint density at radius 2 is 1.48 bits per heavy atom. The summed E-state index contributed by atoms with van der Waals surface area (Å²) in [5.41, 5.74) is 1.67. The quantitative estimate of drug-likeness (QED) is 0.0559. The number of aromatic nitrogens is 1. The lowest BCUT2D eigenvalue weighted by Crippen LogP contribution is -2.54. The number of esters is 1. The van der Waals surface area contributed by atoms with Crippen LogP contribution in [0.5, 0.6) is 11.5 Å². The molecule has 0 radical (unpaired) electrons. The van der Waals surface area contributed by atoms with E-state index < -0.39 is 17.7 Å². The van der Waals surface area contributed by atoms with Crippen LogP contribution < -0.4 is 26.2 Å². The van der Waals surface area contributed by atoms with Crippen LogP contribution in [0.3, 0.4) is 0 Å². The predicted octanol–water partition coefficient (Wildman–Crippen LogP) is 5.20. The maximum atomic E-state index is 13.8. The van der Waals surface area contributed by atoms with Gasteiger partial charge >= 0.3 is 5.97 Å². The molecule has 1 aliphatic heterocycles. The van der Waals surface area contributed by atoms with E-state index in [1.54, 1.807) is 78.9 Å². The van der Waals surface area contributed by atoms with Gasteiger partial charge in [-0.15, -0.1) is 0 Å². The zero-order chi connectivity index (χ0) is 46.0. The molecule has 0 bridgehead atoms. The zero-order valence-corrected chi connectivity index (χ0v) is 36.5. The molecule has 7 N–H and O–H groups in total. The van der Waals surface area contributed by atoms with E-state index in [1.807, 2.05) is 30.3 Å². The number of phenolic OH excluding ortho intramolecular Hbond substituents is 1. The van der Waals surface area contributed by atoms with Gasteiger partial charge in [0.2, 0.25) is 11.2 Å². The number of ether oxygens (including phenoxy) is 2. The second kappa shape index (κ2) is 21.0. The summed E-state index contributed by atoms with van der Waals surface area (Å²) in [4.78, 5) is 56.5. The Morgan fingerprint density at radius 3 is 2.23 bits per heavy atom. The molecular formula is C52H55N5O9. The molecule has 14 nitrogen and oxygen atoms in total. The maximum Gasteiger partial charge on any atom is 0.347 e. The predicted molar refractivity (Wildman–Crippen MR) is 249 cm³/mol. The smallest absolute Gasteiger partial charge is 0.347 e. The third kappa shape index (κ3) is 11.1. The van der Waals surface area contributed by atoms with Crippen LogP contribution in [-0.4, -0.2) is 87.9 Å². The van der Waals surface area contributed by atoms with Crippen LogP contribution in [0.4, 0.5) is 0 Å². The van der Waals surface area contributed by atoms with Gasteiger partial charge in [0.15, 0.2) is 6.61 Å². The van der Waals surface area contributed by atoms with Crippen LogP contribution in [0, 0.1) is 5.92 Å². The van der Waals surface area contributed by atoms with Gasteiger partial charge in [-0.05, 0) is 103 Å². The number of H-pyrrole nitrogens is 1. The maximum absolute atomic E-state index is 13.8. The number of aliphatic hydroxyl groups is 2. The molecular weight excluding hydrogens is 839 g/mol. The lowest BCUT2D eigenvalue weighted by Gasteiger charge is -2.36. The highest BCUT2D eigenvalue weighted by atomic mass is 16.5. The molecule has 66 heavy (non-hydrogen) atoms. The molecule has 1 aliphatic carbocycles. The molecule has 2 atom stereocenters. The second-order valence-electron chi connectivity index (χ2n) is 17.2. The topological polar surface area (TPSA) is 203 Å². The van der Waals surface area contributed by atoms with E-state index in [1.165, 1.54) is 17.7 Å². The van der Waals surface area contributed by atoms with Crippen molar-refractivity contribution in [1.82, 2.24) is 25.8 Å². The number of aliphatic hydroxyl groups excluding tert-OH is 1. The van der Waals surface area contributed by atoms with Gasteiger partial charge in [0.1, 0.15) is 11.5 Å². The van der Waals surface area contributed by atoms with Gasteiger partial charge in [-0.1, -0.05) is 91.0 Å². The minimum Gasteiger partial charge on any atom is -0.506 e. The van der Waals surface area contributed by atoms with Crippen molar-refractivity contribution < 1.29 is 39.2 Å². The van der Waals surface area contributed by atoms with E-state index in [0.717, 1.165) is 38.0 Å². The van der Waals surface area contributed by atoms with Gasteiger partial charge in [-0.2, -0.15) is 0 Å². The fourth-order valence-electron chi connectivity index (χ4n) is 8.67. The summed E-state index contributed by atoms with van der Waals surface area (Å²) in [6, 6.07) is 38.4. The number of likely N-dealkylation sites (tertiary alicyclic amines) is 1. The highest BCUT2D eigenvalue weighted by Crippen LogP contribution is 2.34. The van der Waals surface area contributed by atoms with E-state index >= 15 is 0 Å². The van der Waals surface area contributed by atoms with Crippen LogP contribution in [0.25, 0.3) is 10.9 Å². The minimum atomic E-state index is -2.11. The third-order valence-electron chi connectivity index (χ3n) is 12.5. The molecule has 2 heterocycles. The SMILES string of the molecule is O=C(COc1cccc([C@](O)(C(=O)OCC2CCN(Cc3ccccc3)CC2)c2ccccc2)c1)N[C@H]1C[C@H](NC(=O)c2ccc(CNC[C@H](O)c3ccc(O)c4[nH]c(=O)ccc34)cc2)C1. The number of pyridine rings is 1. The molecule has 1 aromatic heterocycles. The summed E-state index contributed by atoms with van der Waals surface area (Å²) < 4.78 is 11.7. The molecule has 14 heteroatoms. The molecule has 8 rings (SSSR count). The Balaban J connectivity index is 0.763. The van der Waals surface area contributed by atoms with Crippen LogP contribution in [0.1, 0.15) is 70.0 Å². The monoisotopic (exact) mass is 893 g/mol. The molecule has 0 spiro atoms. The molecule has 5 aromatic carbocycles. The number of hydrogen-bond acceptors (Lipinski definition) is 11. The highest BCUT2D eigenvalue weighted by Gasteiger charge is 2.42. The van der Waals surface area contributed by atoms with Gasteiger partial charge in [0.05, 0.1) is 18.2 Å². The molecule has 2 fully saturated rings. The van der Waals surface area contributed by atoms with Crippen molar-refractivity contribution in [3.63, 3.8) is 0 Å². The number of nitrogens with one attached hydrogen (secondary N) is 4. The summed E-state index contributed by atoms with van der Waals surface area (Å²) in [6.07, 6.45) is 1.98. The molecule has 0 unspecified atom stereocenters. The lowest BCUT2D eigenvalue weighted by molar-refractivity contribution is -0.164. The number of aromatic amines is 1. The van der Waals surface area contributed by atoms with Crippen molar-refractivity contribution in [3.05, 3.63) is 177 Å². The molecule has 342 valence electrons. The lowest BCUT2D eigenvalue weighted by atomic mass is 9.86. The van der Waals surface area contributed by atoms with Crippen molar-refractivity contribution in [2.24, 2.45) is 5.92 Å². The number of hydrogen-bond donors (Lipinski definition) is 7. The Bertz CT molecular complexity index is 2670. The average Bonchev–Trinajstić information content (AvgIpc) is 3.33. The van der Waals surface area contributed by atoms with Gasteiger partial charge in [-0.25, -0.2) is 4.79 Å². The van der Waals surface area contributed by atoms with Crippen molar-refractivity contribution in [3.8, 4) is 11.5 Å². The summed E-state index contributed by atoms with van der Waals surface area (Å²) in [7, 11) is 0. The Kier molecular flexibility index (Phi) is 14.5. The second-order valence-corrected chi connectivity index (χ2v) is 17.2. The first-order chi connectivity index (χ1) is 32.0. The summed E-state index contributed by atoms with van der Waals surface area (Å²) in [5.74, 6) is -0.933. The first-order valence-corrected chi connectivity index (χ1v) is 22.4. The van der Waals surface area contributed by atoms with Crippen LogP contribution in [-0.2, 0) is 33.0 Å². The Hall–Kier alpha value is -6.84. The Labute approximate surface area is 382 Å². The number of nitrogens with zero attached hydrogens (tertiary/aromatic N) is 1. The number of benzene rings is 5. The van der Waals surface area contributed by atoms with Crippen LogP contribution >= 0.6 is 0 Å². The van der Waals surface area contributed by atoms with Crippen molar-refractivity contribution in [1.29, 1.82) is 0 Å². The van der Waals surface area contributed by atoms with E-state index in [4.69, 9.17) is 9.47 Å². The number of phenols is 1. The minimum absolute atomic E-state index is 0.0735. The molecule has 1 saturated carbocycles. The Morgan fingerprint density at radius 1 is 0.788 bits per heavy atom. The zero-order valence-electron chi connectivity index (χ0n) is 36.5. The number of aromatic hydroxyl groups is 1. The fourth-order valence-corrected chi connectivity index (χ4v) is 8.67. The number of carbonyl (C=O) groups is 3. The first-order valence-electron chi connectivity index (χ1n) is 22.4. The molecule has 6 aromatic rings. The van der Waals surface area contributed by atoms with E-state index in [2.05, 4.69) is 38.0 Å². The number of fused-ring (bicyclic) bond motifs is 1. The van der Waals surface area contributed by atoms with Crippen LogP contribution in [0.15, 0.2) is 138 Å². The largest absolute Gasteiger partial charge is 0.506 e. The van der Waals surface area contributed by atoms with Crippen molar-refractivity contribution in [2.75, 3.05) is 32.8 Å². The number of carbonyl (C=O) groups excluding carboxylic acids is 3. The number of amides is 2. The molecule has 2 amide bonds. The molecule has 1 saturated heterocycles. The number of piperidine rings is 1. The van der Waals surface area contributed by atoms with Crippen molar-refractivity contribution >= 4 is 28.7 Å². The standard InChI is InChI=1S/C52H55N5O9/c58-45-20-18-43(44-19-21-47(60)56-49(44)45)46(59)30-53-29-34-14-16-37(17-15-34)50(62)55-41-27-40(28-41)54-48(61)33-65-42-13-7-12-39(26-42)52(64,38-10-5-2-6-11-38)51(63)66-32-36-22-24-57(25-23-36)31-35-8-3-1-4-9-35/h1-21,26,36,40-41,46,53,58-59,64H,22-25,27-33H2,(H,54,61)(H,55,62)(H,56,60)/t40-,41-,46-,52-/m0/s1. The van der Waals surface area contributed by atoms with Gasteiger partial charge in [0, 0.05) is 54.3 Å². The van der Waals surface area contributed by atoms with Crippen molar-refractivity contribution in [2.45, 2.75) is 62.6 Å². The van der Waals surface area contributed by atoms with Gasteiger partial charge in [-0.3, -0.25) is 19.3 Å². The average molecular weight is 894 g/mol. The van der Waals surface area contributed by atoms with E-state index in [0.29, 0.717) is 47.2 Å². The summed E-state index contributed by atoms with van der Waals surface area (Å²) >= 11 is 0. The normalized spacial score (nSPS) is 17.8.